The van der Waals surface area contributed by atoms with Gasteiger partial charge in [0.2, 0.25) is 11.8 Å². The van der Waals surface area contributed by atoms with Crippen LogP contribution >= 0.6 is 0 Å². The zero-order chi connectivity index (χ0) is 16.7. The van der Waals surface area contributed by atoms with Crippen molar-refractivity contribution in [1.82, 2.24) is 15.0 Å². The number of likely N-dealkylation sites (tertiary alicyclic amines) is 1. The molecule has 2 aromatic rings. The van der Waals surface area contributed by atoms with Gasteiger partial charge in [-0.2, -0.15) is 4.98 Å². The van der Waals surface area contributed by atoms with Crippen molar-refractivity contribution in [3.05, 3.63) is 47.6 Å². The third-order valence-corrected chi connectivity index (χ3v) is 4.91. The van der Waals surface area contributed by atoms with Crippen LogP contribution in [-0.4, -0.2) is 38.7 Å². The number of hydrogen-bond acceptors (Lipinski definition) is 5. The Morgan fingerprint density at radius 3 is 2.71 bits per heavy atom. The Hall–Kier alpha value is -2.21. The molecule has 1 amide bonds. The van der Waals surface area contributed by atoms with Gasteiger partial charge in [0.05, 0.1) is 12.0 Å². The number of benzene rings is 1. The van der Waals surface area contributed by atoms with Crippen LogP contribution in [0.25, 0.3) is 0 Å². The molecule has 1 saturated carbocycles. The largest absolute Gasteiger partial charge is 0.391 e. The van der Waals surface area contributed by atoms with E-state index in [9.17, 15) is 9.90 Å². The van der Waals surface area contributed by atoms with Crippen LogP contribution in [0.4, 0.5) is 0 Å². The van der Waals surface area contributed by atoms with Crippen LogP contribution < -0.4 is 0 Å². The van der Waals surface area contributed by atoms with E-state index < -0.39 is 6.10 Å². The van der Waals surface area contributed by atoms with Gasteiger partial charge in [0.25, 0.3) is 0 Å². The highest BCUT2D eigenvalue weighted by Gasteiger charge is 2.45. The smallest absolute Gasteiger partial charge is 0.249 e. The lowest BCUT2D eigenvalue weighted by Gasteiger charge is -2.27. The summed E-state index contributed by atoms with van der Waals surface area (Å²) in [7, 11) is 0. The standard InChI is InChI=1S/C18H21N3O3/c1-11-19-17(24-20-11)15-9-14(22)10-21(15)18(23)16(13-7-8-13)12-5-3-2-4-6-12/h2-6,13-16,22H,7-10H2,1H3/t14-,15-,16+/m1/s1. The molecule has 1 N–H and O–H groups in total. The molecule has 2 fully saturated rings. The Labute approximate surface area is 140 Å². The molecule has 0 bridgehead atoms. The predicted molar refractivity (Wildman–Crippen MR) is 86.0 cm³/mol. The molecule has 6 nitrogen and oxygen atoms in total. The lowest BCUT2D eigenvalue weighted by Crippen LogP contribution is -2.36. The van der Waals surface area contributed by atoms with Gasteiger partial charge in [-0.3, -0.25) is 4.79 Å². The minimum absolute atomic E-state index is 0.0566. The monoisotopic (exact) mass is 327 g/mol. The van der Waals surface area contributed by atoms with E-state index in [2.05, 4.69) is 10.1 Å². The van der Waals surface area contributed by atoms with E-state index in [4.69, 9.17) is 4.52 Å². The average molecular weight is 327 g/mol. The fourth-order valence-corrected chi connectivity index (χ4v) is 3.62. The Morgan fingerprint density at radius 1 is 1.33 bits per heavy atom. The number of aromatic nitrogens is 2. The summed E-state index contributed by atoms with van der Waals surface area (Å²) in [6.45, 7) is 2.07. The molecule has 0 spiro atoms. The first kappa shape index (κ1) is 15.3. The minimum Gasteiger partial charge on any atom is -0.391 e. The van der Waals surface area contributed by atoms with Crippen LogP contribution in [0.1, 0.15) is 48.5 Å². The van der Waals surface area contributed by atoms with Gasteiger partial charge in [-0.15, -0.1) is 0 Å². The van der Waals surface area contributed by atoms with E-state index in [1.807, 2.05) is 30.3 Å². The highest BCUT2D eigenvalue weighted by atomic mass is 16.5. The first-order valence-corrected chi connectivity index (χ1v) is 8.47. The Balaban J connectivity index is 1.63. The second kappa shape index (κ2) is 6.02. The van der Waals surface area contributed by atoms with E-state index in [1.165, 1.54) is 0 Å². The molecule has 1 aliphatic heterocycles. The Kier molecular flexibility index (Phi) is 3.84. The van der Waals surface area contributed by atoms with Crippen molar-refractivity contribution in [3.8, 4) is 0 Å². The molecule has 2 heterocycles. The number of nitrogens with zero attached hydrogens (tertiary/aromatic N) is 3. The third-order valence-electron chi connectivity index (χ3n) is 4.91. The number of aliphatic hydroxyl groups excluding tert-OH is 1. The van der Waals surface area contributed by atoms with E-state index in [-0.39, 0.29) is 17.9 Å². The van der Waals surface area contributed by atoms with Crippen molar-refractivity contribution >= 4 is 5.91 Å². The molecule has 1 aliphatic carbocycles. The van der Waals surface area contributed by atoms with Gasteiger partial charge >= 0.3 is 0 Å². The summed E-state index contributed by atoms with van der Waals surface area (Å²) in [5, 5.41) is 13.9. The maximum Gasteiger partial charge on any atom is 0.249 e. The molecule has 24 heavy (non-hydrogen) atoms. The Bertz CT molecular complexity index is 726. The van der Waals surface area contributed by atoms with Gasteiger partial charge in [-0.05, 0) is 31.2 Å². The van der Waals surface area contributed by atoms with Crippen molar-refractivity contribution in [2.24, 2.45) is 5.92 Å². The third kappa shape index (κ3) is 2.82. The zero-order valence-electron chi connectivity index (χ0n) is 13.6. The lowest BCUT2D eigenvalue weighted by molar-refractivity contribution is -0.135. The lowest BCUT2D eigenvalue weighted by atomic mass is 9.92. The van der Waals surface area contributed by atoms with E-state index in [0.717, 1.165) is 18.4 Å². The summed E-state index contributed by atoms with van der Waals surface area (Å²) in [4.78, 5) is 19.3. The van der Waals surface area contributed by atoms with E-state index in [0.29, 0.717) is 30.6 Å². The van der Waals surface area contributed by atoms with Gasteiger partial charge in [0.15, 0.2) is 5.82 Å². The normalized spacial score (nSPS) is 25.0. The molecule has 0 unspecified atom stereocenters. The molecule has 1 aromatic heterocycles. The quantitative estimate of drug-likeness (QED) is 0.931. The first-order valence-electron chi connectivity index (χ1n) is 8.47. The number of hydrogen-bond donors (Lipinski definition) is 1. The number of carbonyl (C=O) groups excluding carboxylic acids is 1. The minimum atomic E-state index is -0.554. The summed E-state index contributed by atoms with van der Waals surface area (Å²) in [6, 6.07) is 9.59. The van der Waals surface area contributed by atoms with Crippen molar-refractivity contribution in [3.63, 3.8) is 0 Å². The predicted octanol–water partition coefficient (Wildman–Crippen LogP) is 2.21. The summed E-state index contributed by atoms with van der Waals surface area (Å²) in [5.41, 5.74) is 1.05. The molecule has 0 radical (unpaired) electrons. The van der Waals surface area contributed by atoms with Crippen LogP contribution in [0.3, 0.4) is 0 Å². The number of aryl methyl sites for hydroxylation is 1. The second-order valence-electron chi connectivity index (χ2n) is 6.80. The number of β-amino-alcohol motifs (C(OH)–C–C–N with tert-alkyl or cyclic N) is 1. The Morgan fingerprint density at radius 2 is 2.08 bits per heavy atom. The summed E-state index contributed by atoms with van der Waals surface area (Å²) in [5.74, 6) is 1.26. The van der Waals surface area contributed by atoms with Crippen molar-refractivity contribution in [2.75, 3.05) is 6.54 Å². The fourth-order valence-electron chi connectivity index (χ4n) is 3.62. The number of carbonyl (C=O) groups is 1. The van der Waals surface area contributed by atoms with Crippen LogP contribution in [0, 0.1) is 12.8 Å². The highest BCUT2D eigenvalue weighted by Crippen LogP contribution is 2.45. The topological polar surface area (TPSA) is 79.5 Å². The van der Waals surface area contributed by atoms with Gasteiger partial charge in [-0.25, -0.2) is 0 Å². The summed E-state index contributed by atoms with van der Waals surface area (Å²) < 4.78 is 5.27. The van der Waals surface area contributed by atoms with Gasteiger partial charge in [0.1, 0.15) is 6.04 Å². The van der Waals surface area contributed by atoms with Crippen LogP contribution in [-0.2, 0) is 4.79 Å². The molecule has 126 valence electrons. The first-order chi connectivity index (χ1) is 11.6. The zero-order valence-corrected chi connectivity index (χ0v) is 13.6. The van der Waals surface area contributed by atoms with Gasteiger partial charge in [-0.1, -0.05) is 35.5 Å². The fraction of sp³-hybridized carbons (Fsp3) is 0.500. The summed E-state index contributed by atoms with van der Waals surface area (Å²) >= 11 is 0. The van der Waals surface area contributed by atoms with Crippen molar-refractivity contribution in [1.29, 1.82) is 0 Å². The second-order valence-corrected chi connectivity index (χ2v) is 6.80. The molecule has 6 heteroatoms. The molecule has 3 atom stereocenters. The van der Waals surface area contributed by atoms with Crippen LogP contribution in [0.15, 0.2) is 34.9 Å². The maximum absolute atomic E-state index is 13.3. The van der Waals surface area contributed by atoms with E-state index >= 15 is 0 Å². The van der Waals surface area contributed by atoms with Crippen LogP contribution in [0.2, 0.25) is 0 Å². The maximum atomic E-state index is 13.3. The number of aliphatic hydroxyl groups is 1. The molecule has 4 rings (SSSR count). The SMILES string of the molecule is Cc1noc([C@H]2C[C@@H](O)CN2C(=O)[C@@H](c2ccccc2)C2CC2)n1. The molecule has 2 aliphatic rings. The number of rotatable bonds is 4. The van der Waals surface area contributed by atoms with Crippen molar-refractivity contribution < 1.29 is 14.4 Å². The van der Waals surface area contributed by atoms with Gasteiger partial charge < -0.3 is 14.5 Å². The number of amides is 1. The average Bonchev–Trinajstić information content (AvgIpc) is 3.18. The molecule has 1 aromatic carbocycles. The van der Waals surface area contributed by atoms with Crippen molar-refractivity contribution in [2.45, 2.75) is 44.2 Å². The van der Waals surface area contributed by atoms with Gasteiger partial charge in [0, 0.05) is 13.0 Å². The molecule has 1 saturated heterocycles. The van der Waals surface area contributed by atoms with E-state index in [1.54, 1.807) is 11.8 Å². The van der Waals surface area contributed by atoms with Crippen LogP contribution in [0.5, 0.6) is 0 Å². The highest BCUT2D eigenvalue weighted by molar-refractivity contribution is 5.85. The molecular weight excluding hydrogens is 306 g/mol. The molecular formula is C18H21N3O3. The summed E-state index contributed by atoms with van der Waals surface area (Å²) in [6.07, 6.45) is 2.04.